The average Bonchev–Trinajstić information content (AvgIpc) is 2.55. The van der Waals surface area contributed by atoms with Crippen LogP contribution in [0.2, 0.25) is 5.02 Å². The summed E-state index contributed by atoms with van der Waals surface area (Å²) in [6, 6.07) is 4.43. The second kappa shape index (κ2) is 8.05. The first-order valence-corrected chi connectivity index (χ1v) is 10.2. The largest absolute Gasteiger partial charge is 0.466 e. The molecule has 1 N–H and O–H groups in total. The van der Waals surface area contributed by atoms with Crippen LogP contribution in [0.15, 0.2) is 18.2 Å². The number of likely N-dealkylation sites (tertiary alicyclic amines) is 1. The van der Waals surface area contributed by atoms with E-state index in [0.717, 1.165) is 6.26 Å². The third-order valence-electron chi connectivity index (χ3n) is 3.91. The zero-order chi connectivity index (χ0) is 18.6. The van der Waals surface area contributed by atoms with Gasteiger partial charge in [0.2, 0.25) is 10.0 Å². The highest BCUT2D eigenvalue weighted by Crippen LogP contribution is 2.26. The van der Waals surface area contributed by atoms with Gasteiger partial charge in [0, 0.05) is 18.7 Å². The third kappa shape index (κ3) is 5.34. The molecule has 1 heterocycles. The molecular weight excluding hydrogens is 368 g/mol. The number of rotatable bonds is 5. The van der Waals surface area contributed by atoms with Gasteiger partial charge in [-0.15, -0.1) is 0 Å². The second-order valence-corrected chi connectivity index (χ2v) is 8.04. The summed E-state index contributed by atoms with van der Waals surface area (Å²) in [4.78, 5) is 26.0. The van der Waals surface area contributed by atoms with Gasteiger partial charge in [-0.05, 0) is 38.0 Å². The number of benzene rings is 1. The van der Waals surface area contributed by atoms with E-state index in [1.54, 1.807) is 11.8 Å². The van der Waals surface area contributed by atoms with Crippen LogP contribution in [0.25, 0.3) is 0 Å². The number of nitrogens with zero attached hydrogens (tertiary/aromatic N) is 1. The van der Waals surface area contributed by atoms with Crippen LogP contribution < -0.4 is 4.72 Å². The summed E-state index contributed by atoms with van der Waals surface area (Å²) >= 11 is 6.06. The second-order valence-electron chi connectivity index (χ2n) is 5.89. The molecule has 1 aliphatic heterocycles. The van der Waals surface area contributed by atoms with E-state index < -0.39 is 10.0 Å². The molecule has 0 spiro atoms. The summed E-state index contributed by atoms with van der Waals surface area (Å²) in [5.41, 5.74) is 0.598. The minimum absolute atomic E-state index is 0.151. The van der Waals surface area contributed by atoms with Gasteiger partial charge >= 0.3 is 5.97 Å². The van der Waals surface area contributed by atoms with Crippen LogP contribution in [0.3, 0.4) is 0 Å². The highest BCUT2D eigenvalue weighted by molar-refractivity contribution is 7.92. The number of carbonyl (C=O) groups is 2. The quantitative estimate of drug-likeness (QED) is 0.780. The number of hydrogen-bond donors (Lipinski definition) is 1. The highest BCUT2D eigenvalue weighted by atomic mass is 35.5. The molecule has 25 heavy (non-hydrogen) atoms. The molecule has 0 aromatic heterocycles. The first-order chi connectivity index (χ1) is 11.7. The number of nitrogens with one attached hydrogen (secondary N) is 1. The summed E-state index contributed by atoms with van der Waals surface area (Å²) in [5, 5.41) is 0.151. The summed E-state index contributed by atoms with van der Waals surface area (Å²) in [6.07, 6.45) is 2.15. The Bertz CT molecular complexity index is 758. The van der Waals surface area contributed by atoms with Crippen molar-refractivity contribution in [2.75, 3.05) is 30.7 Å². The van der Waals surface area contributed by atoms with E-state index in [4.69, 9.17) is 16.3 Å². The van der Waals surface area contributed by atoms with E-state index in [0.29, 0.717) is 38.1 Å². The molecule has 0 saturated carbocycles. The van der Waals surface area contributed by atoms with Crippen molar-refractivity contribution in [3.05, 3.63) is 28.8 Å². The summed E-state index contributed by atoms with van der Waals surface area (Å²) in [7, 11) is -3.45. The SMILES string of the molecule is CCOC(=O)C1CCN(C(=O)c2ccc(NS(C)(=O)=O)c(Cl)c2)CC1. The molecule has 1 amide bonds. The molecular formula is C16H21ClN2O5S. The fraction of sp³-hybridized carbons (Fsp3) is 0.500. The molecule has 0 atom stereocenters. The minimum atomic E-state index is -3.45. The van der Waals surface area contributed by atoms with E-state index in [9.17, 15) is 18.0 Å². The first kappa shape index (κ1) is 19.5. The number of hydrogen-bond acceptors (Lipinski definition) is 5. The van der Waals surface area contributed by atoms with Gasteiger partial charge in [0.15, 0.2) is 0 Å². The van der Waals surface area contributed by atoms with Crippen LogP contribution in [0, 0.1) is 5.92 Å². The molecule has 0 aliphatic carbocycles. The Morgan fingerprint density at radius 3 is 2.48 bits per heavy atom. The van der Waals surface area contributed by atoms with Crippen molar-refractivity contribution in [1.82, 2.24) is 4.90 Å². The first-order valence-electron chi connectivity index (χ1n) is 7.94. The lowest BCUT2D eigenvalue weighted by Crippen LogP contribution is -2.40. The molecule has 138 valence electrons. The smallest absolute Gasteiger partial charge is 0.309 e. The molecule has 2 rings (SSSR count). The predicted octanol–water partition coefficient (Wildman–Crippen LogP) is 2.13. The molecule has 1 aliphatic rings. The maximum absolute atomic E-state index is 12.6. The molecule has 1 aromatic rings. The van der Waals surface area contributed by atoms with Crippen molar-refractivity contribution >= 4 is 39.2 Å². The molecule has 1 fully saturated rings. The van der Waals surface area contributed by atoms with Gasteiger partial charge in [0.05, 0.1) is 29.5 Å². The molecule has 1 aromatic carbocycles. The summed E-state index contributed by atoms with van der Waals surface area (Å²) in [6.45, 7) is 3.04. The van der Waals surface area contributed by atoms with E-state index in [2.05, 4.69) is 4.72 Å². The van der Waals surface area contributed by atoms with Crippen LogP contribution >= 0.6 is 11.6 Å². The molecule has 0 radical (unpaired) electrons. The predicted molar refractivity (Wildman–Crippen MR) is 95.2 cm³/mol. The van der Waals surface area contributed by atoms with E-state index in [1.165, 1.54) is 18.2 Å². The van der Waals surface area contributed by atoms with Crippen LogP contribution in [0.1, 0.15) is 30.1 Å². The van der Waals surface area contributed by atoms with Crippen LogP contribution in [0.4, 0.5) is 5.69 Å². The number of carbonyl (C=O) groups excluding carboxylic acids is 2. The lowest BCUT2D eigenvalue weighted by Gasteiger charge is -2.31. The van der Waals surface area contributed by atoms with E-state index in [1.807, 2.05) is 0 Å². The van der Waals surface area contributed by atoms with E-state index in [-0.39, 0.29) is 28.5 Å². The van der Waals surface area contributed by atoms with Crippen LogP contribution in [-0.4, -0.2) is 51.1 Å². The highest BCUT2D eigenvalue weighted by Gasteiger charge is 2.28. The van der Waals surface area contributed by atoms with Crippen LogP contribution in [-0.2, 0) is 19.6 Å². The molecule has 7 nitrogen and oxygen atoms in total. The number of esters is 1. The number of piperidine rings is 1. The van der Waals surface area contributed by atoms with Crippen molar-refractivity contribution in [2.45, 2.75) is 19.8 Å². The average molecular weight is 389 g/mol. The minimum Gasteiger partial charge on any atom is -0.466 e. The molecule has 0 bridgehead atoms. The number of halogens is 1. The fourth-order valence-electron chi connectivity index (χ4n) is 2.69. The number of ether oxygens (including phenoxy) is 1. The maximum atomic E-state index is 12.6. The van der Waals surface area contributed by atoms with Gasteiger partial charge in [-0.1, -0.05) is 11.6 Å². The topological polar surface area (TPSA) is 92.8 Å². The lowest BCUT2D eigenvalue weighted by atomic mass is 9.96. The van der Waals surface area contributed by atoms with Crippen molar-refractivity contribution in [2.24, 2.45) is 5.92 Å². The van der Waals surface area contributed by atoms with Crippen molar-refractivity contribution in [3.8, 4) is 0 Å². The zero-order valence-corrected chi connectivity index (χ0v) is 15.7. The Morgan fingerprint density at radius 2 is 1.96 bits per heavy atom. The van der Waals surface area contributed by atoms with Gasteiger partial charge in [0.1, 0.15) is 0 Å². The lowest BCUT2D eigenvalue weighted by molar-refractivity contribution is -0.149. The Balaban J connectivity index is 2.02. The van der Waals surface area contributed by atoms with Crippen molar-refractivity contribution in [1.29, 1.82) is 0 Å². The van der Waals surface area contributed by atoms with Crippen molar-refractivity contribution < 1.29 is 22.7 Å². The Morgan fingerprint density at radius 1 is 1.32 bits per heavy atom. The Labute approximate surface area is 152 Å². The van der Waals surface area contributed by atoms with Gasteiger partial charge in [-0.25, -0.2) is 8.42 Å². The standard InChI is InChI=1S/C16H21ClN2O5S/c1-3-24-16(21)11-6-8-19(9-7-11)15(20)12-4-5-14(13(17)10-12)18-25(2,22)23/h4-5,10-11,18H,3,6-9H2,1-2H3. The van der Waals surface area contributed by atoms with Crippen molar-refractivity contribution in [3.63, 3.8) is 0 Å². The number of anilines is 1. The number of amides is 1. The van der Waals surface area contributed by atoms with Gasteiger partial charge in [-0.2, -0.15) is 0 Å². The van der Waals surface area contributed by atoms with Gasteiger partial charge < -0.3 is 9.64 Å². The molecule has 0 unspecified atom stereocenters. The normalized spacial score (nSPS) is 15.7. The van der Waals surface area contributed by atoms with E-state index >= 15 is 0 Å². The number of sulfonamides is 1. The Kier molecular flexibility index (Phi) is 6.29. The fourth-order valence-corrected chi connectivity index (χ4v) is 3.55. The zero-order valence-electron chi connectivity index (χ0n) is 14.1. The monoisotopic (exact) mass is 388 g/mol. The summed E-state index contributed by atoms with van der Waals surface area (Å²) < 4.78 is 29.8. The van der Waals surface area contributed by atoms with Gasteiger partial charge in [-0.3, -0.25) is 14.3 Å². The summed E-state index contributed by atoms with van der Waals surface area (Å²) in [5.74, 6) is -0.585. The molecule has 9 heteroatoms. The molecule has 1 saturated heterocycles. The van der Waals surface area contributed by atoms with Gasteiger partial charge in [0.25, 0.3) is 5.91 Å². The maximum Gasteiger partial charge on any atom is 0.309 e. The third-order valence-corrected chi connectivity index (χ3v) is 4.82. The Hall–Kier alpha value is -1.80. The van der Waals surface area contributed by atoms with Crippen LogP contribution in [0.5, 0.6) is 0 Å².